The van der Waals surface area contributed by atoms with E-state index in [2.05, 4.69) is 5.32 Å². The third kappa shape index (κ3) is 2.83. The van der Waals surface area contributed by atoms with Gasteiger partial charge in [-0.1, -0.05) is 0 Å². The first kappa shape index (κ1) is 13.7. The van der Waals surface area contributed by atoms with Gasteiger partial charge in [0.15, 0.2) is 0 Å². The molecule has 0 aromatic heterocycles. The quantitative estimate of drug-likeness (QED) is 0.713. The van der Waals surface area contributed by atoms with Crippen molar-refractivity contribution in [3.63, 3.8) is 0 Å². The van der Waals surface area contributed by atoms with Gasteiger partial charge in [0.25, 0.3) is 0 Å². The van der Waals surface area contributed by atoms with Crippen LogP contribution in [0.15, 0.2) is 0 Å². The second-order valence-electron chi connectivity index (χ2n) is 3.53. The van der Waals surface area contributed by atoms with E-state index in [4.69, 9.17) is 0 Å². The molecule has 98 valence electrons. The molecule has 2 N–H and O–H groups in total. The van der Waals surface area contributed by atoms with Crippen molar-refractivity contribution in [1.82, 2.24) is 10.6 Å². The third-order valence-electron chi connectivity index (χ3n) is 2.23. The van der Waals surface area contributed by atoms with E-state index in [1.807, 2.05) is 0 Å². The Balaban J connectivity index is 2.68. The van der Waals surface area contributed by atoms with E-state index in [9.17, 15) is 31.5 Å². The first-order valence-electron chi connectivity index (χ1n) is 4.69. The molecule has 0 bridgehead atoms. The van der Waals surface area contributed by atoms with Gasteiger partial charge in [0, 0.05) is 6.54 Å². The van der Waals surface area contributed by atoms with Gasteiger partial charge in [-0.25, -0.2) is 0 Å². The minimum atomic E-state index is -5.97. The van der Waals surface area contributed by atoms with Gasteiger partial charge in [-0.3, -0.25) is 9.59 Å². The fourth-order valence-electron chi connectivity index (χ4n) is 1.29. The number of alkyl halides is 5. The molecule has 9 heteroatoms. The predicted molar refractivity (Wildman–Crippen MR) is 45.2 cm³/mol. The number of hydrogen-bond donors (Lipinski definition) is 2. The summed E-state index contributed by atoms with van der Waals surface area (Å²) in [4.78, 5) is 21.8. The molecule has 1 aliphatic rings. The number of halogens is 5. The maximum atomic E-state index is 12.5. The molecule has 1 heterocycles. The van der Waals surface area contributed by atoms with Crippen LogP contribution in [0.1, 0.15) is 12.8 Å². The Labute approximate surface area is 92.5 Å². The van der Waals surface area contributed by atoms with Crippen LogP contribution in [-0.2, 0) is 9.59 Å². The summed E-state index contributed by atoms with van der Waals surface area (Å²) in [5.41, 5.74) is 0. The Hall–Kier alpha value is -1.41. The highest BCUT2D eigenvalue weighted by molar-refractivity contribution is 5.91. The highest BCUT2D eigenvalue weighted by atomic mass is 19.4. The van der Waals surface area contributed by atoms with E-state index in [0.29, 0.717) is 13.0 Å². The van der Waals surface area contributed by atoms with Gasteiger partial charge in [-0.15, -0.1) is 0 Å². The standard InChI is InChI=1S/C8H9F5N2O2/c9-7(10,8(11,12)13)6(17)15-4-2-1-3-14-5(4)16/h4H,1-3H2,(H,14,16)(H,15,17). The molecule has 0 aromatic carbocycles. The number of amides is 2. The summed E-state index contributed by atoms with van der Waals surface area (Å²) in [7, 11) is 0. The van der Waals surface area contributed by atoms with Crippen LogP contribution in [0.4, 0.5) is 22.0 Å². The minimum Gasteiger partial charge on any atom is -0.354 e. The summed E-state index contributed by atoms with van der Waals surface area (Å²) in [6.45, 7) is 0.306. The van der Waals surface area contributed by atoms with E-state index < -0.39 is 30.0 Å². The molecule has 0 radical (unpaired) electrons. The van der Waals surface area contributed by atoms with E-state index in [1.54, 1.807) is 0 Å². The Morgan fingerprint density at radius 3 is 2.35 bits per heavy atom. The fourth-order valence-corrected chi connectivity index (χ4v) is 1.29. The van der Waals surface area contributed by atoms with Crippen LogP contribution in [0.5, 0.6) is 0 Å². The zero-order chi connectivity index (χ0) is 13.3. The molecule has 0 spiro atoms. The molecule has 17 heavy (non-hydrogen) atoms. The van der Waals surface area contributed by atoms with E-state index >= 15 is 0 Å². The zero-order valence-corrected chi connectivity index (χ0v) is 8.40. The SMILES string of the molecule is O=C1NCCCC1NC(=O)C(F)(F)C(F)(F)F. The molecule has 1 saturated heterocycles. The number of nitrogens with one attached hydrogen (secondary N) is 2. The molecule has 0 aromatic rings. The summed E-state index contributed by atoms with van der Waals surface area (Å²) >= 11 is 0. The van der Waals surface area contributed by atoms with Gasteiger partial charge in [0.1, 0.15) is 6.04 Å². The largest absolute Gasteiger partial charge is 0.463 e. The Morgan fingerprint density at radius 2 is 1.88 bits per heavy atom. The average Bonchev–Trinajstić information content (AvgIpc) is 2.19. The second kappa shape index (κ2) is 4.46. The highest BCUT2D eigenvalue weighted by Gasteiger charge is 2.63. The summed E-state index contributed by atoms with van der Waals surface area (Å²) in [5.74, 6) is -8.76. The first-order valence-corrected chi connectivity index (χ1v) is 4.69. The summed E-state index contributed by atoms with van der Waals surface area (Å²) in [6.07, 6.45) is -5.54. The van der Waals surface area contributed by atoms with Gasteiger partial charge < -0.3 is 10.6 Å². The monoisotopic (exact) mass is 260 g/mol. The van der Waals surface area contributed by atoms with Crippen molar-refractivity contribution >= 4 is 11.8 Å². The Bertz CT molecular complexity index is 328. The van der Waals surface area contributed by atoms with E-state index in [0.717, 1.165) is 0 Å². The second-order valence-corrected chi connectivity index (χ2v) is 3.53. The zero-order valence-electron chi connectivity index (χ0n) is 8.40. The lowest BCUT2D eigenvalue weighted by Crippen LogP contribution is -2.57. The molecule has 1 rings (SSSR count). The molecule has 0 aliphatic carbocycles. The van der Waals surface area contributed by atoms with Gasteiger partial charge in [0.05, 0.1) is 0 Å². The van der Waals surface area contributed by atoms with Crippen LogP contribution in [0.3, 0.4) is 0 Å². The molecule has 0 saturated carbocycles. The fraction of sp³-hybridized carbons (Fsp3) is 0.750. The molecular weight excluding hydrogens is 251 g/mol. The first-order chi connectivity index (χ1) is 7.66. The number of rotatable bonds is 2. The van der Waals surface area contributed by atoms with Gasteiger partial charge in [-0.05, 0) is 12.8 Å². The van der Waals surface area contributed by atoms with Crippen LogP contribution >= 0.6 is 0 Å². The third-order valence-corrected chi connectivity index (χ3v) is 2.23. The summed E-state index contributed by atoms with van der Waals surface area (Å²) in [6, 6.07) is -1.34. The van der Waals surface area contributed by atoms with E-state index in [1.165, 1.54) is 5.32 Å². The maximum absolute atomic E-state index is 12.5. The molecule has 1 unspecified atom stereocenters. The van der Waals surface area contributed by atoms with Crippen molar-refractivity contribution in [2.75, 3.05) is 6.54 Å². The van der Waals surface area contributed by atoms with Gasteiger partial charge in [0.2, 0.25) is 5.91 Å². The number of hydrogen-bond acceptors (Lipinski definition) is 2. The number of piperidine rings is 1. The van der Waals surface area contributed by atoms with Crippen molar-refractivity contribution in [2.45, 2.75) is 31.0 Å². The van der Waals surface area contributed by atoms with Crippen molar-refractivity contribution in [2.24, 2.45) is 0 Å². The van der Waals surface area contributed by atoms with Gasteiger partial charge in [-0.2, -0.15) is 22.0 Å². The molecule has 1 atom stereocenters. The maximum Gasteiger partial charge on any atom is 0.463 e. The Kier molecular flexibility index (Phi) is 3.58. The van der Waals surface area contributed by atoms with Crippen molar-refractivity contribution in [3.8, 4) is 0 Å². The lowest BCUT2D eigenvalue weighted by Gasteiger charge is -2.25. The van der Waals surface area contributed by atoms with Crippen molar-refractivity contribution in [1.29, 1.82) is 0 Å². The van der Waals surface area contributed by atoms with Crippen LogP contribution in [0.2, 0.25) is 0 Å². The molecule has 2 amide bonds. The van der Waals surface area contributed by atoms with Crippen LogP contribution in [0, 0.1) is 0 Å². The van der Waals surface area contributed by atoms with E-state index in [-0.39, 0.29) is 6.42 Å². The minimum absolute atomic E-state index is 0.0332. The van der Waals surface area contributed by atoms with Crippen molar-refractivity contribution in [3.05, 3.63) is 0 Å². The topological polar surface area (TPSA) is 58.2 Å². The summed E-state index contributed by atoms with van der Waals surface area (Å²) in [5, 5.41) is 3.64. The molecule has 1 aliphatic heterocycles. The van der Waals surface area contributed by atoms with Crippen LogP contribution in [0.25, 0.3) is 0 Å². The Morgan fingerprint density at radius 1 is 1.29 bits per heavy atom. The average molecular weight is 260 g/mol. The smallest absolute Gasteiger partial charge is 0.354 e. The molecular formula is C8H9F5N2O2. The summed E-state index contributed by atoms with van der Waals surface area (Å²) < 4.78 is 60.5. The van der Waals surface area contributed by atoms with Crippen LogP contribution < -0.4 is 10.6 Å². The lowest BCUT2D eigenvalue weighted by atomic mass is 10.1. The van der Waals surface area contributed by atoms with Gasteiger partial charge >= 0.3 is 18.0 Å². The van der Waals surface area contributed by atoms with Crippen LogP contribution in [-0.4, -0.2) is 36.5 Å². The van der Waals surface area contributed by atoms with Crippen molar-refractivity contribution < 1.29 is 31.5 Å². The molecule has 1 fully saturated rings. The lowest BCUT2D eigenvalue weighted by molar-refractivity contribution is -0.270. The normalized spacial score (nSPS) is 21.9. The number of carbonyl (C=O) groups is 2. The number of carbonyl (C=O) groups excluding carboxylic acids is 2. The molecule has 4 nitrogen and oxygen atoms in total. The highest BCUT2D eigenvalue weighted by Crippen LogP contribution is 2.35. The predicted octanol–water partition coefficient (Wildman–Crippen LogP) is 0.579.